The van der Waals surface area contributed by atoms with E-state index in [1.54, 1.807) is 16.4 Å². The van der Waals surface area contributed by atoms with E-state index in [2.05, 4.69) is 22.3 Å². The van der Waals surface area contributed by atoms with Gasteiger partial charge in [0.15, 0.2) is 5.16 Å². The molecule has 1 atom stereocenters. The molecule has 0 amide bonds. The number of hydrogen-bond acceptors (Lipinski definition) is 6. The Morgan fingerprint density at radius 3 is 2.95 bits per heavy atom. The maximum atomic E-state index is 11.8. The van der Waals surface area contributed by atoms with Crippen molar-refractivity contribution in [2.24, 2.45) is 7.05 Å². The minimum Gasteiger partial charge on any atom is -0.465 e. The Morgan fingerprint density at radius 1 is 1.58 bits per heavy atom. The van der Waals surface area contributed by atoms with Gasteiger partial charge in [0.05, 0.1) is 6.61 Å². The highest BCUT2D eigenvalue weighted by Gasteiger charge is 2.18. The number of esters is 1. The third-order valence-electron chi connectivity index (χ3n) is 2.52. The predicted molar refractivity (Wildman–Crippen MR) is 75.1 cm³/mol. The van der Waals surface area contributed by atoms with Crippen molar-refractivity contribution in [1.29, 1.82) is 0 Å². The fourth-order valence-electron chi connectivity index (χ4n) is 1.55. The van der Waals surface area contributed by atoms with E-state index in [1.165, 1.54) is 6.33 Å². The number of rotatable bonds is 9. The second-order valence-corrected chi connectivity index (χ2v) is 5.12. The second kappa shape index (κ2) is 8.92. The van der Waals surface area contributed by atoms with E-state index in [9.17, 15) is 4.79 Å². The summed E-state index contributed by atoms with van der Waals surface area (Å²) in [4.78, 5) is 15.9. The summed E-state index contributed by atoms with van der Waals surface area (Å²) >= 11 is 1.59. The van der Waals surface area contributed by atoms with Gasteiger partial charge in [-0.25, -0.2) is 9.67 Å². The van der Waals surface area contributed by atoms with Crippen molar-refractivity contribution in [2.75, 3.05) is 18.9 Å². The molecule has 1 unspecified atom stereocenters. The average molecular weight is 286 g/mol. The molecule has 0 aliphatic heterocycles. The first kappa shape index (κ1) is 16.0. The molecule has 0 spiro atoms. The first-order valence-electron chi connectivity index (χ1n) is 6.55. The van der Waals surface area contributed by atoms with Crippen LogP contribution in [0, 0.1) is 0 Å². The van der Waals surface area contributed by atoms with Crippen LogP contribution in [0.25, 0.3) is 0 Å². The van der Waals surface area contributed by atoms with Gasteiger partial charge in [-0.05, 0) is 26.3 Å². The summed E-state index contributed by atoms with van der Waals surface area (Å²) in [6, 6.07) is -0.236. The Hall–Kier alpha value is -1.08. The number of carbonyl (C=O) groups excluding carboxylic acids is 1. The molecule has 0 radical (unpaired) electrons. The van der Waals surface area contributed by atoms with Crippen molar-refractivity contribution in [2.45, 2.75) is 37.9 Å². The van der Waals surface area contributed by atoms with Crippen LogP contribution in [0.15, 0.2) is 11.5 Å². The molecule has 0 bridgehead atoms. The standard InChI is InChI=1S/C12H22N4O2S/c1-4-7-13-10(11(17)18-5-2)6-8-19-12-14-9-15-16(12)3/h9-10,13H,4-8H2,1-3H3. The number of nitrogens with zero attached hydrogens (tertiary/aromatic N) is 3. The second-order valence-electron chi connectivity index (χ2n) is 4.06. The molecule has 6 nitrogen and oxygen atoms in total. The minimum absolute atomic E-state index is 0.172. The average Bonchev–Trinajstić information content (AvgIpc) is 2.79. The van der Waals surface area contributed by atoms with Crippen LogP contribution in [-0.4, -0.2) is 45.7 Å². The van der Waals surface area contributed by atoms with E-state index in [0.717, 1.165) is 30.3 Å². The van der Waals surface area contributed by atoms with Crippen molar-refractivity contribution < 1.29 is 9.53 Å². The highest BCUT2D eigenvalue weighted by Crippen LogP contribution is 2.15. The molecule has 1 N–H and O–H groups in total. The van der Waals surface area contributed by atoms with Crippen LogP contribution < -0.4 is 5.32 Å². The Kier molecular flexibility index (Phi) is 7.50. The summed E-state index contributed by atoms with van der Waals surface area (Å²) < 4.78 is 6.79. The molecule has 0 saturated heterocycles. The Labute approximate surface area is 118 Å². The topological polar surface area (TPSA) is 69.0 Å². The minimum atomic E-state index is -0.236. The molecule has 0 aliphatic carbocycles. The van der Waals surface area contributed by atoms with Crippen LogP contribution in [0.1, 0.15) is 26.7 Å². The zero-order valence-electron chi connectivity index (χ0n) is 11.8. The van der Waals surface area contributed by atoms with Gasteiger partial charge in [-0.2, -0.15) is 5.10 Å². The molecule has 0 saturated carbocycles. The smallest absolute Gasteiger partial charge is 0.323 e. The molecule has 7 heteroatoms. The van der Waals surface area contributed by atoms with Gasteiger partial charge < -0.3 is 10.1 Å². The summed E-state index contributed by atoms with van der Waals surface area (Å²) in [5.41, 5.74) is 0. The first-order valence-corrected chi connectivity index (χ1v) is 7.54. The maximum Gasteiger partial charge on any atom is 0.323 e. The van der Waals surface area contributed by atoms with Crippen molar-refractivity contribution in [1.82, 2.24) is 20.1 Å². The first-order chi connectivity index (χ1) is 9.19. The molecule has 0 fully saturated rings. The number of aromatic nitrogens is 3. The van der Waals surface area contributed by atoms with Crippen molar-refractivity contribution >= 4 is 17.7 Å². The fraction of sp³-hybridized carbons (Fsp3) is 0.750. The molecule has 0 aromatic carbocycles. The molecule has 1 aromatic rings. The number of thioether (sulfide) groups is 1. The summed E-state index contributed by atoms with van der Waals surface area (Å²) in [5.74, 6) is 0.627. The van der Waals surface area contributed by atoms with Gasteiger partial charge in [0.1, 0.15) is 12.4 Å². The Bertz CT molecular complexity index is 384. The van der Waals surface area contributed by atoms with Crippen molar-refractivity contribution in [3.05, 3.63) is 6.33 Å². The maximum absolute atomic E-state index is 11.8. The van der Waals surface area contributed by atoms with Gasteiger partial charge in [-0.1, -0.05) is 18.7 Å². The molecule has 1 aromatic heterocycles. The van der Waals surface area contributed by atoms with E-state index in [-0.39, 0.29) is 12.0 Å². The van der Waals surface area contributed by atoms with Crippen LogP contribution in [0.5, 0.6) is 0 Å². The van der Waals surface area contributed by atoms with Crippen LogP contribution in [0.3, 0.4) is 0 Å². The van der Waals surface area contributed by atoms with Crippen LogP contribution in [-0.2, 0) is 16.6 Å². The highest BCUT2D eigenvalue weighted by atomic mass is 32.2. The predicted octanol–water partition coefficient (Wildman–Crippen LogP) is 1.23. The van der Waals surface area contributed by atoms with Crippen LogP contribution >= 0.6 is 11.8 Å². The van der Waals surface area contributed by atoms with Gasteiger partial charge in [-0.3, -0.25) is 4.79 Å². The summed E-state index contributed by atoms with van der Waals surface area (Å²) in [6.45, 7) is 5.13. The number of aryl methyl sites for hydroxylation is 1. The molecule has 1 rings (SSSR count). The van der Waals surface area contributed by atoms with E-state index in [4.69, 9.17) is 4.74 Å². The lowest BCUT2D eigenvalue weighted by Gasteiger charge is -2.16. The number of hydrogen-bond donors (Lipinski definition) is 1. The van der Waals surface area contributed by atoms with Gasteiger partial charge in [0, 0.05) is 12.8 Å². The molecule has 108 valence electrons. The van der Waals surface area contributed by atoms with E-state index in [0.29, 0.717) is 6.61 Å². The summed E-state index contributed by atoms with van der Waals surface area (Å²) in [6.07, 6.45) is 3.24. The molecule has 19 heavy (non-hydrogen) atoms. The molecular formula is C12H22N4O2S. The van der Waals surface area contributed by atoms with Crippen LogP contribution in [0.2, 0.25) is 0 Å². The fourth-order valence-corrected chi connectivity index (χ4v) is 2.44. The highest BCUT2D eigenvalue weighted by molar-refractivity contribution is 7.99. The lowest BCUT2D eigenvalue weighted by Crippen LogP contribution is -2.39. The van der Waals surface area contributed by atoms with Gasteiger partial charge in [0.2, 0.25) is 0 Å². The zero-order valence-corrected chi connectivity index (χ0v) is 12.6. The van der Waals surface area contributed by atoms with Gasteiger partial charge >= 0.3 is 5.97 Å². The third kappa shape index (κ3) is 5.61. The quantitative estimate of drug-likeness (QED) is 0.544. The van der Waals surface area contributed by atoms with Gasteiger partial charge in [0.25, 0.3) is 0 Å². The number of nitrogens with one attached hydrogen (secondary N) is 1. The largest absolute Gasteiger partial charge is 0.465 e. The Morgan fingerprint density at radius 2 is 2.37 bits per heavy atom. The number of carbonyl (C=O) groups is 1. The third-order valence-corrected chi connectivity index (χ3v) is 3.59. The Balaban J connectivity index is 2.39. The van der Waals surface area contributed by atoms with E-state index >= 15 is 0 Å². The van der Waals surface area contributed by atoms with E-state index in [1.807, 2.05) is 14.0 Å². The molecule has 1 heterocycles. The lowest BCUT2D eigenvalue weighted by atomic mass is 10.2. The monoisotopic (exact) mass is 286 g/mol. The van der Waals surface area contributed by atoms with E-state index < -0.39 is 0 Å². The zero-order chi connectivity index (χ0) is 14.1. The van der Waals surface area contributed by atoms with Gasteiger partial charge in [-0.15, -0.1) is 0 Å². The number of ether oxygens (including phenoxy) is 1. The van der Waals surface area contributed by atoms with Crippen LogP contribution in [0.4, 0.5) is 0 Å². The molecule has 0 aliphatic rings. The lowest BCUT2D eigenvalue weighted by molar-refractivity contribution is -0.145. The summed E-state index contributed by atoms with van der Waals surface area (Å²) in [5, 5.41) is 8.08. The summed E-state index contributed by atoms with van der Waals surface area (Å²) in [7, 11) is 1.85. The normalized spacial score (nSPS) is 12.4. The van der Waals surface area contributed by atoms with Crippen molar-refractivity contribution in [3.63, 3.8) is 0 Å². The SMILES string of the molecule is CCCNC(CCSc1ncnn1C)C(=O)OCC. The van der Waals surface area contributed by atoms with Crippen molar-refractivity contribution in [3.8, 4) is 0 Å². The molecular weight excluding hydrogens is 264 g/mol.